The first-order valence-electron chi connectivity index (χ1n) is 7.84. The van der Waals surface area contributed by atoms with Gasteiger partial charge in [0.05, 0.1) is 22.6 Å². The fraction of sp³-hybridized carbons (Fsp3) is 0.222. The van der Waals surface area contributed by atoms with Gasteiger partial charge in [0, 0.05) is 17.8 Å². The van der Waals surface area contributed by atoms with E-state index < -0.39 is 0 Å². The molecule has 0 unspecified atom stereocenters. The van der Waals surface area contributed by atoms with E-state index in [1.54, 1.807) is 29.9 Å². The molecule has 2 N–H and O–H groups in total. The van der Waals surface area contributed by atoms with Gasteiger partial charge in [0.15, 0.2) is 0 Å². The first-order valence-corrected chi connectivity index (χ1v) is 9.26. The van der Waals surface area contributed by atoms with Crippen LogP contribution in [0.3, 0.4) is 0 Å². The minimum Gasteiger partial charge on any atom is -0.468 e. The van der Waals surface area contributed by atoms with E-state index in [9.17, 15) is 9.59 Å². The number of thioether (sulfide) groups is 1. The molecule has 0 spiro atoms. The molecule has 1 aliphatic rings. The average Bonchev–Trinajstić information content (AvgIpc) is 3.24. The number of carbonyl (C=O) groups excluding carboxylic acids is 2. The van der Waals surface area contributed by atoms with Gasteiger partial charge in [0.25, 0.3) is 5.91 Å². The van der Waals surface area contributed by atoms with Gasteiger partial charge in [-0.25, -0.2) is 0 Å². The van der Waals surface area contributed by atoms with Crippen LogP contribution in [0.1, 0.15) is 29.0 Å². The van der Waals surface area contributed by atoms with Crippen LogP contribution in [0.5, 0.6) is 0 Å². The summed E-state index contributed by atoms with van der Waals surface area (Å²) in [4.78, 5) is 24.1. The molecule has 3 rings (SSSR count). The molecule has 1 aliphatic carbocycles. The van der Waals surface area contributed by atoms with Crippen molar-refractivity contribution in [3.8, 4) is 0 Å². The lowest BCUT2D eigenvalue weighted by Gasteiger charge is -2.08. The molecule has 0 saturated heterocycles. The standard InChI is InChI=1S/C18H17ClN2O3S/c19-16-6-5-13(10-15(16)18(23)21-12-3-4-12)20-17(22)7-9-25-11-14-2-1-8-24-14/h1-2,5-10,12H,3-4,11H2,(H,20,22)(H,21,23)/b9-7+. The summed E-state index contributed by atoms with van der Waals surface area (Å²) in [6.45, 7) is 0. The summed E-state index contributed by atoms with van der Waals surface area (Å²) in [5.74, 6) is 1.01. The summed E-state index contributed by atoms with van der Waals surface area (Å²) in [6, 6.07) is 8.80. The first-order chi connectivity index (χ1) is 12.1. The normalized spacial score (nSPS) is 13.8. The zero-order valence-corrected chi connectivity index (χ0v) is 14.9. The third-order valence-electron chi connectivity index (χ3n) is 3.51. The molecule has 0 radical (unpaired) electrons. The second-order valence-corrected chi connectivity index (χ2v) is 6.93. The summed E-state index contributed by atoms with van der Waals surface area (Å²) in [7, 11) is 0. The molecule has 1 heterocycles. The number of hydrogen-bond acceptors (Lipinski definition) is 4. The van der Waals surface area contributed by atoms with Gasteiger partial charge in [0.1, 0.15) is 5.76 Å². The van der Waals surface area contributed by atoms with Gasteiger partial charge in [-0.3, -0.25) is 9.59 Å². The van der Waals surface area contributed by atoms with E-state index in [4.69, 9.17) is 16.0 Å². The van der Waals surface area contributed by atoms with Crippen molar-refractivity contribution in [3.63, 3.8) is 0 Å². The number of hydrogen-bond donors (Lipinski definition) is 2. The van der Waals surface area contributed by atoms with Crippen molar-refractivity contribution in [1.82, 2.24) is 5.32 Å². The van der Waals surface area contributed by atoms with Crippen LogP contribution >= 0.6 is 23.4 Å². The Morgan fingerprint density at radius 2 is 2.16 bits per heavy atom. The molecule has 5 nitrogen and oxygen atoms in total. The van der Waals surface area contributed by atoms with Crippen molar-refractivity contribution in [2.75, 3.05) is 5.32 Å². The van der Waals surface area contributed by atoms with Crippen molar-refractivity contribution in [1.29, 1.82) is 0 Å². The summed E-state index contributed by atoms with van der Waals surface area (Å²) < 4.78 is 5.21. The highest BCUT2D eigenvalue weighted by atomic mass is 35.5. The minimum absolute atomic E-state index is 0.215. The van der Waals surface area contributed by atoms with Crippen LogP contribution in [-0.4, -0.2) is 17.9 Å². The second-order valence-electron chi connectivity index (χ2n) is 5.62. The Hall–Kier alpha value is -2.18. The van der Waals surface area contributed by atoms with Gasteiger partial charge in [-0.05, 0) is 48.6 Å². The van der Waals surface area contributed by atoms with Crippen LogP contribution in [-0.2, 0) is 10.5 Å². The molecule has 1 fully saturated rings. The molecule has 0 atom stereocenters. The number of halogens is 1. The fourth-order valence-corrected chi connectivity index (χ4v) is 2.93. The van der Waals surface area contributed by atoms with Crippen molar-refractivity contribution < 1.29 is 14.0 Å². The zero-order valence-electron chi connectivity index (χ0n) is 13.3. The van der Waals surface area contributed by atoms with E-state index in [2.05, 4.69) is 10.6 Å². The van der Waals surface area contributed by atoms with Gasteiger partial charge in [-0.2, -0.15) is 0 Å². The molecular weight excluding hydrogens is 360 g/mol. The molecule has 0 aliphatic heterocycles. The van der Waals surface area contributed by atoms with Crippen LogP contribution in [0.2, 0.25) is 5.02 Å². The Labute approximate surface area is 154 Å². The zero-order chi connectivity index (χ0) is 17.6. The quantitative estimate of drug-likeness (QED) is 0.710. The van der Waals surface area contributed by atoms with Crippen LogP contribution in [0.4, 0.5) is 5.69 Å². The van der Waals surface area contributed by atoms with Gasteiger partial charge < -0.3 is 15.1 Å². The average molecular weight is 377 g/mol. The van der Waals surface area contributed by atoms with E-state index in [1.165, 1.54) is 17.8 Å². The van der Waals surface area contributed by atoms with Gasteiger partial charge >= 0.3 is 0 Å². The summed E-state index contributed by atoms with van der Waals surface area (Å²) in [5.41, 5.74) is 0.888. The maximum atomic E-state index is 12.1. The Kier molecular flexibility index (Phi) is 5.83. The molecule has 25 heavy (non-hydrogen) atoms. The number of rotatable bonds is 7. The number of furan rings is 1. The number of anilines is 1. The van der Waals surface area contributed by atoms with Gasteiger partial charge in [-0.1, -0.05) is 11.6 Å². The Morgan fingerprint density at radius 3 is 2.88 bits per heavy atom. The summed E-state index contributed by atoms with van der Waals surface area (Å²) >= 11 is 7.54. The van der Waals surface area contributed by atoms with Crippen LogP contribution < -0.4 is 10.6 Å². The van der Waals surface area contributed by atoms with Crippen molar-refractivity contribution in [2.24, 2.45) is 0 Å². The largest absolute Gasteiger partial charge is 0.468 e. The number of benzene rings is 1. The SMILES string of the molecule is O=C(/C=C/SCc1ccco1)Nc1ccc(Cl)c(C(=O)NC2CC2)c1. The number of nitrogens with one attached hydrogen (secondary N) is 2. The maximum absolute atomic E-state index is 12.1. The Morgan fingerprint density at radius 1 is 1.32 bits per heavy atom. The highest BCUT2D eigenvalue weighted by Crippen LogP contribution is 2.24. The lowest BCUT2D eigenvalue weighted by Crippen LogP contribution is -2.25. The minimum atomic E-state index is -0.275. The van der Waals surface area contributed by atoms with Crippen molar-refractivity contribution in [3.05, 3.63) is 64.4 Å². The molecule has 1 saturated carbocycles. The van der Waals surface area contributed by atoms with E-state index in [1.807, 2.05) is 12.1 Å². The maximum Gasteiger partial charge on any atom is 0.253 e. The molecular formula is C18H17ClN2O3S. The van der Waals surface area contributed by atoms with E-state index >= 15 is 0 Å². The van der Waals surface area contributed by atoms with E-state index in [0.717, 1.165) is 18.6 Å². The highest BCUT2D eigenvalue weighted by molar-refractivity contribution is 8.01. The number of carbonyl (C=O) groups is 2. The lowest BCUT2D eigenvalue weighted by molar-refractivity contribution is -0.111. The topological polar surface area (TPSA) is 71.3 Å². The Bertz CT molecular complexity index is 786. The molecule has 2 amide bonds. The van der Waals surface area contributed by atoms with Crippen LogP contribution in [0.15, 0.2) is 52.5 Å². The lowest BCUT2D eigenvalue weighted by atomic mass is 10.2. The van der Waals surface area contributed by atoms with Crippen molar-refractivity contribution in [2.45, 2.75) is 24.6 Å². The molecule has 2 aromatic rings. The smallest absolute Gasteiger partial charge is 0.253 e. The summed E-state index contributed by atoms with van der Waals surface area (Å²) in [5, 5.41) is 7.67. The molecule has 1 aromatic heterocycles. The fourth-order valence-electron chi connectivity index (χ4n) is 2.09. The molecule has 130 valence electrons. The highest BCUT2D eigenvalue weighted by Gasteiger charge is 2.24. The third kappa shape index (κ3) is 5.41. The first kappa shape index (κ1) is 17.6. The van der Waals surface area contributed by atoms with E-state index in [-0.39, 0.29) is 17.9 Å². The predicted molar refractivity (Wildman–Crippen MR) is 99.7 cm³/mol. The van der Waals surface area contributed by atoms with Crippen molar-refractivity contribution >= 4 is 40.9 Å². The number of amides is 2. The second kappa shape index (κ2) is 8.27. The molecule has 0 bridgehead atoms. The van der Waals surface area contributed by atoms with Gasteiger partial charge in [-0.15, -0.1) is 11.8 Å². The summed E-state index contributed by atoms with van der Waals surface area (Å²) in [6.07, 6.45) is 5.05. The van der Waals surface area contributed by atoms with Gasteiger partial charge in [0.2, 0.25) is 5.91 Å². The van der Waals surface area contributed by atoms with Crippen LogP contribution in [0.25, 0.3) is 0 Å². The van der Waals surface area contributed by atoms with Crippen LogP contribution in [0, 0.1) is 0 Å². The molecule has 7 heteroatoms. The Balaban J connectivity index is 1.54. The third-order valence-corrected chi connectivity index (χ3v) is 4.62. The monoisotopic (exact) mass is 376 g/mol. The molecule has 1 aromatic carbocycles. The van der Waals surface area contributed by atoms with E-state index in [0.29, 0.717) is 22.0 Å². The predicted octanol–water partition coefficient (Wildman–Crippen LogP) is 4.21.